The van der Waals surface area contributed by atoms with Gasteiger partial charge in [0.15, 0.2) is 5.65 Å². The minimum Gasteiger partial charge on any atom is -0.383 e. The summed E-state index contributed by atoms with van der Waals surface area (Å²) in [6.07, 6.45) is 9.06. The maximum Gasteiger partial charge on any atom is 0.270 e. The van der Waals surface area contributed by atoms with Crippen LogP contribution in [-0.4, -0.2) is 38.2 Å². The van der Waals surface area contributed by atoms with Crippen molar-refractivity contribution in [3.05, 3.63) is 81.4 Å². The Bertz CT molecular complexity index is 1540. The Morgan fingerprint density at radius 1 is 1.17 bits per heavy atom. The number of allylic oxidation sites excluding steroid dienone is 1. The fourth-order valence-electron chi connectivity index (χ4n) is 4.39. The highest BCUT2D eigenvalue weighted by Gasteiger charge is 2.24. The molecule has 0 spiro atoms. The Labute approximate surface area is 206 Å². The molecule has 1 aliphatic rings. The highest BCUT2D eigenvalue weighted by Crippen LogP contribution is 2.28. The summed E-state index contributed by atoms with van der Waals surface area (Å²) in [5.74, 6) is -0.251. The summed E-state index contributed by atoms with van der Waals surface area (Å²) in [5.41, 5.74) is 10.4. The first-order valence-corrected chi connectivity index (χ1v) is 11.8. The third-order valence-corrected chi connectivity index (χ3v) is 6.22. The average Bonchev–Trinajstić information content (AvgIpc) is 3.16. The highest BCUT2D eigenvalue weighted by atomic mass is 16.6. The Morgan fingerprint density at radius 3 is 2.72 bits per heavy atom. The number of nitro groups is 1. The summed E-state index contributed by atoms with van der Waals surface area (Å²) in [6, 6.07) is 13.4. The van der Waals surface area contributed by atoms with Gasteiger partial charge in [-0.2, -0.15) is 9.78 Å². The number of rotatable bonds is 7. The maximum absolute atomic E-state index is 13.2. The molecule has 2 aromatic heterocycles. The Hall–Kier alpha value is -4.60. The van der Waals surface area contributed by atoms with E-state index in [-0.39, 0.29) is 23.0 Å². The van der Waals surface area contributed by atoms with Crippen LogP contribution in [0.3, 0.4) is 0 Å². The van der Waals surface area contributed by atoms with E-state index in [1.165, 1.54) is 41.4 Å². The number of anilines is 1. The molecule has 5 rings (SSSR count). The van der Waals surface area contributed by atoms with Gasteiger partial charge in [-0.3, -0.25) is 14.9 Å². The minimum atomic E-state index is -0.472. The fraction of sp³-hybridized carbons (Fsp3) is 0.231. The summed E-state index contributed by atoms with van der Waals surface area (Å²) >= 11 is 0. The molecule has 0 aliphatic heterocycles. The lowest BCUT2D eigenvalue weighted by atomic mass is 9.97. The van der Waals surface area contributed by atoms with Gasteiger partial charge in [-0.15, -0.1) is 0 Å². The number of para-hydroxylation sites is 2. The number of non-ortho nitro benzene ring substituents is 1. The topological polar surface area (TPSA) is 141 Å². The largest absolute Gasteiger partial charge is 0.383 e. The van der Waals surface area contributed by atoms with Gasteiger partial charge in [0.25, 0.3) is 11.6 Å². The number of carbonyl (C=O) groups is 1. The molecule has 0 bridgehead atoms. The van der Waals surface area contributed by atoms with Gasteiger partial charge in [0.1, 0.15) is 16.9 Å². The summed E-state index contributed by atoms with van der Waals surface area (Å²) in [5, 5.41) is 18.5. The lowest BCUT2D eigenvalue weighted by Gasteiger charge is -2.12. The lowest BCUT2D eigenvalue weighted by molar-refractivity contribution is -0.384. The number of carbonyl (C=O) groups excluding carboxylic acids is 1. The van der Waals surface area contributed by atoms with Crippen molar-refractivity contribution >= 4 is 45.8 Å². The molecule has 0 saturated heterocycles. The van der Waals surface area contributed by atoms with Crippen LogP contribution in [0.15, 0.2) is 65.3 Å². The zero-order valence-electron chi connectivity index (χ0n) is 19.6. The van der Waals surface area contributed by atoms with Crippen molar-refractivity contribution in [1.29, 1.82) is 0 Å². The van der Waals surface area contributed by atoms with Crippen LogP contribution in [0.1, 0.15) is 48.0 Å². The lowest BCUT2D eigenvalue weighted by Crippen LogP contribution is -2.25. The number of nitrogens with one attached hydrogen (secondary N) is 1. The monoisotopic (exact) mass is 483 g/mol. The first kappa shape index (κ1) is 23.2. The van der Waals surface area contributed by atoms with Crippen LogP contribution in [-0.2, 0) is 0 Å². The number of nitrogens with zero attached hydrogens (tertiary/aromatic N) is 5. The van der Waals surface area contributed by atoms with Crippen LogP contribution in [0, 0.1) is 10.1 Å². The van der Waals surface area contributed by atoms with Crippen molar-refractivity contribution in [1.82, 2.24) is 20.0 Å². The predicted molar refractivity (Wildman–Crippen MR) is 139 cm³/mol. The molecule has 36 heavy (non-hydrogen) atoms. The summed E-state index contributed by atoms with van der Waals surface area (Å²) < 4.78 is 1.35. The molecule has 2 heterocycles. The molecule has 3 N–H and O–H groups in total. The molecule has 10 nitrogen and oxygen atoms in total. The summed E-state index contributed by atoms with van der Waals surface area (Å²) in [7, 11) is 0. The number of benzene rings is 2. The molecule has 0 unspecified atom stereocenters. The summed E-state index contributed by atoms with van der Waals surface area (Å²) in [6.45, 7) is 0.495. The number of nitro benzene ring substituents is 1. The standard InChI is InChI=1S/C26H25N7O3/c27-24-22(26(34)28-14-13-17-7-2-1-3-8-17)23-25(31-21-12-5-4-11-20(21)30-23)32(24)29-16-18-9-6-10-19(15-18)33(35)36/h4-7,9-12,15-16H,1-3,8,13-14,27H2,(H,28,34)/b29-16-. The molecule has 1 amide bonds. The molecule has 4 aromatic rings. The zero-order valence-corrected chi connectivity index (χ0v) is 19.6. The number of aromatic nitrogens is 3. The van der Waals surface area contributed by atoms with Gasteiger partial charge in [0.05, 0.1) is 22.2 Å². The van der Waals surface area contributed by atoms with Crippen LogP contribution in [0.4, 0.5) is 11.5 Å². The van der Waals surface area contributed by atoms with Crippen LogP contribution < -0.4 is 11.1 Å². The van der Waals surface area contributed by atoms with Crippen molar-refractivity contribution in [2.45, 2.75) is 32.1 Å². The molecular formula is C26H25N7O3. The van der Waals surface area contributed by atoms with E-state index in [9.17, 15) is 14.9 Å². The van der Waals surface area contributed by atoms with Crippen LogP contribution in [0.25, 0.3) is 22.2 Å². The van der Waals surface area contributed by atoms with Gasteiger partial charge in [0.2, 0.25) is 0 Å². The van der Waals surface area contributed by atoms with Gasteiger partial charge < -0.3 is 11.1 Å². The van der Waals surface area contributed by atoms with E-state index in [1.807, 2.05) is 24.3 Å². The van der Waals surface area contributed by atoms with Crippen LogP contribution in [0.2, 0.25) is 0 Å². The predicted octanol–water partition coefficient (Wildman–Crippen LogP) is 4.58. The van der Waals surface area contributed by atoms with Crippen LogP contribution >= 0.6 is 0 Å². The number of amides is 1. The van der Waals surface area contributed by atoms with E-state index in [0.29, 0.717) is 34.3 Å². The number of fused-ring (bicyclic) bond motifs is 2. The second-order valence-electron chi connectivity index (χ2n) is 8.67. The van der Waals surface area contributed by atoms with Crippen LogP contribution in [0.5, 0.6) is 0 Å². The average molecular weight is 484 g/mol. The number of hydrogen-bond acceptors (Lipinski definition) is 7. The quantitative estimate of drug-likeness (QED) is 0.171. The molecule has 182 valence electrons. The van der Waals surface area contributed by atoms with E-state index in [1.54, 1.807) is 12.1 Å². The highest BCUT2D eigenvalue weighted by molar-refractivity contribution is 6.10. The van der Waals surface area contributed by atoms with Gasteiger partial charge in [-0.1, -0.05) is 35.9 Å². The van der Waals surface area contributed by atoms with Gasteiger partial charge in [-0.25, -0.2) is 9.97 Å². The molecule has 10 heteroatoms. The van der Waals surface area contributed by atoms with Crippen molar-refractivity contribution in [3.63, 3.8) is 0 Å². The van der Waals surface area contributed by atoms with Gasteiger partial charge >= 0.3 is 0 Å². The molecule has 0 fully saturated rings. The molecule has 0 atom stereocenters. The molecule has 0 saturated carbocycles. The van der Waals surface area contributed by atoms with Gasteiger partial charge in [0, 0.05) is 24.2 Å². The van der Waals surface area contributed by atoms with Crippen molar-refractivity contribution in [2.24, 2.45) is 5.10 Å². The number of hydrogen-bond donors (Lipinski definition) is 2. The summed E-state index contributed by atoms with van der Waals surface area (Å²) in [4.78, 5) is 33.2. The normalized spacial score (nSPS) is 13.8. The third-order valence-electron chi connectivity index (χ3n) is 6.22. The van der Waals surface area contributed by atoms with E-state index < -0.39 is 4.92 Å². The van der Waals surface area contributed by atoms with E-state index in [4.69, 9.17) is 5.73 Å². The Balaban J connectivity index is 1.52. The number of nitrogens with two attached hydrogens (primary N) is 1. The smallest absolute Gasteiger partial charge is 0.270 e. The molecular weight excluding hydrogens is 458 g/mol. The minimum absolute atomic E-state index is 0.0526. The Kier molecular flexibility index (Phi) is 6.40. The maximum atomic E-state index is 13.2. The first-order valence-electron chi connectivity index (χ1n) is 11.8. The fourth-order valence-corrected chi connectivity index (χ4v) is 4.39. The SMILES string of the molecule is Nc1c(C(=O)NCCC2=CCCCC2)c2nc3ccccc3nc2n1/N=C\c1cccc([N+](=O)[O-])c1. The zero-order chi connectivity index (χ0) is 25.1. The van der Waals surface area contributed by atoms with Crippen molar-refractivity contribution < 1.29 is 9.72 Å². The third kappa shape index (κ3) is 4.65. The molecule has 2 aromatic carbocycles. The van der Waals surface area contributed by atoms with E-state index >= 15 is 0 Å². The molecule has 1 aliphatic carbocycles. The van der Waals surface area contributed by atoms with Crippen molar-refractivity contribution in [2.75, 3.05) is 12.3 Å². The van der Waals surface area contributed by atoms with E-state index in [2.05, 4.69) is 26.5 Å². The molecule has 0 radical (unpaired) electrons. The Morgan fingerprint density at radius 2 is 1.97 bits per heavy atom. The second-order valence-corrected chi connectivity index (χ2v) is 8.67. The van der Waals surface area contributed by atoms with Gasteiger partial charge in [-0.05, 0) is 44.2 Å². The first-order chi connectivity index (χ1) is 17.5. The van der Waals surface area contributed by atoms with Crippen molar-refractivity contribution in [3.8, 4) is 0 Å². The second kappa shape index (κ2) is 9.95. The number of nitrogen functional groups attached to an aromatic ring is 1. The van der Waals surface area contributed by atoms with E-state index in [0.717, 1.165) is 19.3 Å².